The second-order valence-electron chi connectivity index (χ2n) is 5.59. The fourth-order valence-electron chi connectivity index (χ4n) is 2.71. The van der Waals surface area contributed by atoms with Gasteiger partial charge in [-0.15, -0.1) is 0 Å². The number of amides is 1. The zero-order valence-electron chi connectivity index (χ0n) is 12.7. The molecule has 2 aromatic rings. The quantitative estimate of drug-likeness (QED) is 0.919. The van der Waals surface area contributed by atoms with Crippen molar-refractivity contribution < 1.29 is 9.53 Å². The summed E-state index contributed by atoms with van der Waals surface area (Å²) in [6, 6.07) is 10.3. The highest BCUT2D eigenvalue weighted by Crippen LogP contribution is 2.30. The van der Waals surface area contributed by atoms with Crippen molar-refractivity contribution in [3.8, 4) is 0 Å². The summed E-state index contributed by atoms with van der Waals surface area (Å²) in [5.41, 5.74) is 0.949. The molecule has 23 heavy (non-hydrogen) atoms. The van der Waals surface area contributed by atoms with Gasteiger partial charge in [-0.1, -0.05) is 29.8 Å². The van der Waals surface area contributed by atoms with Gasteiger partial charge in [-0.25, -0.2) is 0 Å². The molecule has 0 radical (unpaired) electrons. The number of H-pyrrole nitrogens is 1. The summed E-state index contributed by atoms with van der Waals surface area (Å²) in [6.07, 6.45) is 1.21. The van der Waals surface area contributed by atoms with Crippen LogP contribution in [0.15, 0.2) is 47.4 Å². The minimum absolute atomic E-state index is 0.0690. The zero-order valence-corrected chi connectivity index (χ0v) is 13.4. The number of ether oxygens (including phenoxy) is 1. The van der Waals surface area contributed by atoms with Gasteiger partial charge >= 0.3 is 0 Å². The Kier molecular flexibility index (Phi) is 4.50. The van der Waals surface area contributed by atoms with Gasteiger partial charge in [-0.3, -0.25) is 9.59 Å². The van der Waals surface area contributed by atoms with Crippen LogP contribution < -0.4 is 5.56 Å². The van der Waals surface area contributed by atoms with E-state index in [4.69, 9.17) is 16.3 Å². The predicted molar refractivity (Wildman–Crippen MR) is 87.7 cm³/mol. The van der Waals surface area contributed by atoms with Crippen molar-refractivity contribution in [2.24, 2.45) is 0 Å². The molecule has 1 N–H and O–H groups in total. The first-order valence-corrected chi connectivity index (χ1v) is 7.80. The lowest BCUT2D eigenvalue weighted by atomic mass is 10.0. The third-order valence-corrected chi connectivity index (χ3v) is 4.31. The molecular weight excluding hydrogens is 316 g/mol. The fraction of sp³-hybridized carbons (Fsp3) is 0.294. The van der Waals surface area contributed by atoms with Crippen LogP contribution in [0.3, 0.4) is 0 Å². The number of nitrogens with one attached hydrogen (secondary N) is 1. The van der Waals surface area contributed by atoms with Gasteiger partial charge in [0.25, 0.3) is 5.91 Å². The molecule has 2 unspecified atom stereocenters. The predicted octanol–water partition coefficient (Wildman–Crippen LogP) is 2.63. The molecule has 120 valence electrons. The number of nitrogens with zero attached hydrogens (tertiary/aromatic N) is 1. The number of pyridine rings is 1. The molecule has 3 rings (SSSR count). The number of rotatable bonds is 2. The number of hydrogen-bond acceptors (Lipinski definition) is 3. The maximum absolute atomic E-state index is 12.7. The molecule has 5 nitrogen and oxygen atoms in total. The molecule has 1 aliphatic heterocycles. The van der Waals surface area contributed by atoms with Crippen LogP contribution >= 0.6 is 11.6 Å². The third-order valence-electron chi connectivity index (χ3n) is 3.97. The van der Waals surface area contributed by atoms with Crippen molar-refractivity contribution in [2.45, 2.75) is 19.1 Å². The molecule has 0 bridgehead atoms. The molecule has 1 amide bonds. The van der Waals surface area contributed by atoms with E-state index in [1.54, 1.807) is 17.0 Å². The Hall–Kier alpha value is -2.11. The highest BCUT2D eigenvalue weighted by atomic mass is 35.5. The number of aromatic nitrogens is 1. The number of aromatic amines is 1. The minimum Gasteiger partial charge on any atom is -0.369 e. The molecule has 1 aliphatic rings. The molecule has 0 spiro atoms. The van der Waals surface area contributed by atoms with Crippen LogP contribution in [0.2, 0.25) is 5.02 Å². The maximum Gasteiger partial charge on any atom is 0.254 e. The van der Waals surface area contributed by atoms with E-state index in [2.05, 4.69) is 4.98 Å². The summed E-state index contributed by atoms with van der Waals surface area (Å²) in [6.45, 7) is 2.75. The number of benzene rings is 1. The molecule has 1 fully saturated rings. The van der Waals surface area contributed by atoms with Crippen LogP contribution in [-0.4, -0.2) is 35.0 Å². The normalized spacial score (nSPS) is 21.2. The first-order valence-electron chi connectivity index (χ1n) is 7.42. The van der Waals surface area contributed by atoms with Crippen molar-refractivity contribution in [3.63, 3.8) is 0 Å². The summed E-state index contributed by atoms with van der Waals surface area (Å²) < 4.78 is 5.85. The lowest BCUT2D eigenvalue weighted by Gasteiger charge is -2.38. The molecule has 6 heteroatoms. The molecule has 2 heterocycles. The van der Waals surface area contributed by atoms with E-state index in [0.717, 1.165) is 5.56 Å². The van der Waals surface area contributed by atoms with Gasteiger partial charge in [0.05, 0.1) is 19.2 Å². The van der Waals surface area contributed by atoms with Gasteiger partial charge < -0.3 is 14.6 Å². The Balaban J connectivity index is 1.85. The van der Waals surface area contributed by atoms with Crippen molar-refractivity contribution >= 4 is 17.5 Å². The lowest BCUT2D eigenvalue weighted by molar-refractivity contribution is -0.0486. The SMILES string of the molecule is CC1COC(c2ccccc2Cl)CN1C(=O)c1cc[nH]c(=O)c1. The second kappa shape index (κ2) is 6.56. The summed E-state index contributed by atoms with van der Waals surface area (Å²) >= 11 is 6.23. The van der Waals surface area contributed by atoms with Gasteiger partial charge in [0.2, 0.25) is 5.56 Å². The van der Waals surface area contributed by atoms with E-state index < -0.39 is 0 Å². The lowest BCUT2D eigenvalue weighted by Crippen LogP contribution is -2.48. The van der Waals surface area contributed by atoms with Crippen molar-refractivity contribution in [3.05, 3.63) is 69.1 Å². The van der Waals surface area contributed by atoms with Crippen LogP contribution in [-0.2, 0) is 4.74 Å². The maximum atomic E-state index is 12.7. The van der Waals surface area contributed by atoms with E-state index >= 15 is 0 Å². The first kappa shape index (κ1) is 15.8. The van der Waals surface area contributed by atoms with Gasteiger partial charge in [0.1, 0.15) is 6.10 Å². The van der Waals surface area contributed by atoms with Crippen LogP contribution in [0.4, 0.5) is 0 Å². The van der Waals surface area contributed by atoms with Crippen LogP contribution in [0, 0.1) is 0 Å². The molecule has 0 aliphatic carbocycles. The van der Waals surface area contributed by atoms with E-state index in [-0.39, 0.29) is 23.6 Å². The molecule has 0 saturated carbocycles. The second-order valence-corrected chi connectivity index (χ2v) is 6.00. The molecular formula is C17H17ClN2O3. The Bertz CT molecular complexity index is 774. The summed E-state index contributed by atoms with van der Waals surface area (Å²) in [5, 5.41) is 0.621. The summed E-state index contributed by atoms with van der Waals surface area (Å²) in [4.78, 5) is 28.4. The topological polar surface area (TPSA) is 62.4 Å². The van der Waals surface area contributed by atoms with Crippen molar-refractivity contribution in [2.75, 3.05) is 13.2 Å². The Morgan fingerprint density at radius 3 is 2.87 bits per heavy atom. The van der Waals surface area contributed by atoms with E-state index in [0.29, 0.717) is 23.7 Å². The zero-order chi connectivity index (χ0) is 16.4. The van der Waals surface area contributed by atoms with Gasteiger partial charge in [0, 0.05) is 28.4 Å². The number of morpholine rings is 1. The largest absolute Gasteiger partial charge is 0.369 e. The van der Waals surface area contributed by atoms with Gasteiger partial charge in [-0.05, 0) is 19.1 Å². The Labute approximate surface area is 138 Å². The monoisotopic (exact) mass is 332 g/mol. The minimum atomic E-state index is -0.292. The Morgan fingerprint density at radius 2 is 2.13 bits per heavy atom. The molecule has 1 aromatic carbocycles. The fourth-order valence-corrected chi connectivity index (χ4v) is 2.96. The van der Waals surface area contributed by atoms with E-state index in [1.807, 2.05) is 25.1 Å². The average molecular weight is 333 g/mol. The molecule has 1 aromatic heterocycles. The highest BCUT2D eigenvalue weighted by Gasteiger charge is 2.31. The van der Waals surface area contributed by atoms with Crippen molar-refractivity contribution in [1.29, 1.82) is 0 Å². The Morgan fingerprint density at radius 1 is 1.35 bits per heavy atom. The van der Waals surface area contributed by atoms with Crippen LogP contribution in [0.5, 0.6) is 0 Å². The first-order chi connectivity index (χ1) is 11.1. The number of carbonyl (C=O) groups is 1. The van der Waals surface area contributed by atoms with Crippen LogP contribution in [0.25, 0.3) is 0 Å². The molecule has 2 atom stereocenters. The third kappa shape index (κ3) is 3.30. The highest BCUT2D eigenvalue weighted by molar-refractivity contribution is 6.31. The van der Waals surface area contributed by atoms with Crippen LogP contribution in [0.1, 0.15) is 28.9 Å². The average Bonchev–Trinajstić information content (AvgIpc) is 2.55. The summed E-state index contributed by atoms with van der Waals surface area (Å²) in [5.74, 6) is -0.177. The molecule has 1 saturated heterocycles. The van der Waals surface area contributed by atoms with Gasteiger partial charge in [-0.2, -0.15) is 0 Å². The standard InChI is InChI=1S/C17H17ClN2O3/c1-11-10-23-15(13-4-2-3-5-14(13)18)9-20(11)17(22)12-6-7-19-16(21)8-12/h2-8,11,15H,9-10H2,1H3,(H,19,21). The van der Waals surface area contributed by atoms with E-state index in [1.165, 1.54) is 12.3 Å². The smallest absolute Gasteiger partial charge is 0.254 e. The van der Waals surface area contributed by atoms with E-state index in [9.17, 15) is 9.59 Å². The number of hydrogen-bond donors (Lipinski definition) is 1. The number of halogens is 1. The number of carbonyl (C=O) groups excluding carboxylic acids is 1. The van der Waals surface area contributed by atoms with Crippen molar-refractivity contribution in [1.82, 2.24) is 9.88 Å². The summed E-state index contributed by atoms with van der Waals surface area (Å²) in [7, 11) is 0. The van der Waals surface area contributed by atoms with Gasteiger partial charge in [0.15, 0.2) is 0 Å².